The molecule has 0 saturated carbocycles. The van der Waals surface area contributed by atoms with Crippen molar-refractivity contribution in [2.24, 2.45) is 0 Å². The average molecular weight is 256 g/mol. The Hall–Kier alpha value is -2.43. The molecular formula is C14H16N4O. The van der Waals surface area contributed by atoms with Crippen LogP contribution in [0.3, 0.4) is 0 Å². The number of benzene rings is 1. The number of hydrogen-bond donors (Lipinski definition) is 2. The Bertz CT molecular complexity index is 525. The summed E-state index contributed by atoms with van der Waals surface area (Å²) >= 11 is 0. The molecule has 0 atom stereocenters. The highest BCUT2D eigenvalue weighted by atomic mass is 16.1. The quantitative estimate of drug-likeness (QED) is 0.856. The van der Waals surface area contributed by atoms with Gasteiger partial charge in [0.25, 0.3) is 5.91 Å². The normalized spacial score (nSPS) is 9.95. The lowest BCUT2D eigenvalue weighted by Gasteiger charge is -2.07. The Morgan fingerprint density at radius 1 is 1.16 bits per heavy atom. The molecule has 2 aromatic rings. The summed E-state index contributed by atoms with van der Waals surface area (Å²) in [6.45, 7) is 3.18. The van der Waals surface area contributed by atoms with Crippen molar-refractivity contribution < 1.29 is 4.79 Å². The van der Waals surface area contributed by atoms with Gasteiger partial charge in [0.05, 0.1) is 0 Å². The first-order chi connectivity index (χ1) is 9.29. The van der Waals surface area contributed by atoms with Crippen LogP contribution in [-0.2, 0) is 6.54 Å². The number of anilines is 1. The first kappa shape index (κ1) is 13.0. The first-order valence-electron chi connectivity index (χ1n) is 6.15. The van der Waals surface area contributed by atoms with Gasteiger partial charge in [-0.15, -0.1) is 0 Å². The van der Waals surface area contributed by atoms with Crippen LogP contribution in [0.5, 0.6) is 0 Å². The second-order valence-corrected chi connectivity index (χ2v) is 4.04. The number of carbonyl (C=O) groups excluding carboxylic acids is 1. The Balaban J connectivity index is 1.94. The van der Waals surface area contributed by atoms with E-state index in [1.165, 1.54) is 6.33 Å². The van der Waals surface area contributed by atoms with Crippen molar-refractivity contribution in [1.82, 2.24) is 15.3 Å². The van der Waals surface area contributed by atoms with Crippen LogP contribution in [0, 0.1) is 0 Å². The highest BCUT2D eigenvalue weighted by Crippen LogP contribution is 2.10. The Morgan fingerprint density at radius 2 is 1.84 bits per heavy atom. The van der Waals surface area contributed by atoms with Crippen molar-refractivity contribution in [1.29, 1.82) is 0 Å². The van der Waals surface area contributed by atoms with Gasteiger partial charge in [0.1, 0.15) is 6.33 Å². The summed E-state index contributed by atoms with van der Waals surface area (Å²) in [6, 6.07) is 7.37. The number of carbonyl (C=O) groups is 1. The fourth-order valence-corrected chi connectivity index (χ4v) is 1.63. The smallest absolute Gasteiger partial charge is 0.251 e. The van der Waals surface area contributed by atoms with Crippen LogP contribution in [-0.4, -0.2) is 22.4 Å². The van der Waals surface area contributed by atoms with Crippen molar-refractivity contribution in [3.63, 3.8) is 0 Å². The fraction of sp³-hybridized carbons (Fsp3) is 0.214. The maximum atomic E-state index is 11.6. The van der Waals surface area contributed by atoms with E-state index in [0.29, 0.717) is 18.7 Å². The Kier molecular flexibility index (Phi) is 4.44. The van der Waals surface area contributed by atoms with Gasteiger partial charge in [-0.25, -0.2) is 9.97 Å². The van der Waals surface area contributed by atoms with Gasteiger partial charge in [0, 0.05) is 42.3 Å². The van der Waals surface area contributed by atoms with Crippen LogP contribution in [0.25, 0.3) is 0 Å². The molecule has 1 heterocycles. The van der Waals surface area contributed by atoms with E-state index in [9.17, 15) is 4.79 Å². The van der Waals surface area contributed by atoms with Crippen LogP contribution in [0.1, 0.15) is 22.8 Å². The van der Waals surface area contributed by atoms with Crippen molar-refractivity contribution in [3.05, 3.63) is 54.1 Å². The molecule has 2 rings (SSSR count). The molecule has 2 N–H and O–H groups in total. The number of amides is 1. The van der Waals surface area contributed by atoms with Crippen LogP contribution in [0.15, 0.2) is 43.0 Å². The monoisotopic (exact) mass is 256 g/mol. The van der Waals surface area contributed by atoms with Gasteiger partial charge >= 0.3 is 0 Å². The molecule has 0 spiro atoms. The maximum absolute atomic E-state index is 11.6. The molecule has 1 aromatic heterocycles. The summed E-state index contributed by atoms with van der Waals surface area (Å²) in [7, 11) is 0. The van der Waals surface area contributed by atoms with Crippen LogP contribution < -0.4 is 10.6 Å². The molecule has 0 aliphatic carbocycles. The van der Waals surface area contributed by atoms with Crippen LogP contribution in [0.2, 0.25) is 0 Å². The lowest BCUT2D eigenvalue weighted by Crippen LogP contribution is -2.22. The zero-order valence-corrected chi connectivity index (χ0v) is 10.8. The van der Waals surface area contributed by atoms with Crippen molar-refractivity contribution in [2.75, 3.05) is 11.9 Å². The number of hydrogen-bond acceptors (Lipinski definition) is 4. The highest BCUT2D eigenvalue weighted by molar-refractivity contribution is 5.94. The third kappa shape index (κ3) is 3.77. The number of rotatable bonds is 5. The fourth-order valence-electron chi connectivity index (χ4n) is 1.63. The maximum Gasteiger partial charge on any atom is 0.251 e. The zero-order chi connectivity index (χ0) is 13.5. The summed E-state index contributed by atoms with van der Waals surface area (Å²) in [4.78, 5) is 19.5. The molecule has 0 aliphatic rings. The highest BCUT2D eigenvalue weighted by Gasteiger charge is 2.03. The van der Waals surface area contributed by atoms with Crippen LogP contribution >= 0.6 is 0 Å². The van der Waals surface area contributed by atoms with E-state index in [1.807, 2.05) is 19.1 Å². The minimum atomic E-state index is -0.0505. The molecule has 5 heteroatoms. The summed E-state index contributed by atoms with van der Waals surface area (Å²) in [5.74, 6) is -0.0505. The predicted molar refractivity (Wildman–Crippen MR) is 73.8 cm³/mol. The minimum absolute atomic E-state index is 0.0505. The molecule has 5 nitrogen and oxygen atoms in total. The van der Waals surface area contributed by atoms with E-state index in [0.717, 1.165) is 11.3 Å². The summed E-state index contributed by atoms with van der Waals surface area (Å²) in [5.41, 5.74) is 2.63. The van der Waals surface area contributed by atoms with Crippen molar-refractivity contribution in [3.8, 4) is 0 Å². The van der Waals surface area contributed by atoms with Gasteiger partial charge in [0.2, 0.25) is 0 Å². The Morgan fingerprint density at radius 3 is 2.47 bits per heavy atom. The second kappa shape index (κ2) is 6.49. The summed E-state index contributed by atoms with van der Waals surface area (Å²) in [5, 5.41) is 6.01. The molecule has 0 bridgehead atoms. The predicted octanol–water partition coefficient (Wildman–Crippen LogP) is 1.84. The van der Waals surface area contributed by atoms with E-state index in [-0.39, 0.29) is 5.91 Å². The van der Waals surface area contributed by atoms with Gasteiger partial charge in [-0.3, -0.25) is 4.79 Å². The zero-order valence-electron chi connectivity index (χ0n) is 10.8. The van der Waals surface area contributed by atoms with Gasteiger partial charge in [-0.05, 0) is 31.2 Å². The van der Waals surface area contributed by atoms with Gasteiger partial charge in [-0.1, -0.05) is 0 Å². The van der Waals surface area contributed by atoms with E-state index >= 15 is 0 Å². The molecule has 98 valence electrons. The topological polar surface area (TPSA) is 66.9 Å². The minimum Gasteiger partial charge on any atom is -0.381 e. The molecular weight excluding hydrogens is 240 g/mol. The first-order valence-corrected chi connectivity index (χ1v) is 6.15. The molecule has 0 aliphatic heterocycles. The SMILES string of the molecule is CCNC(=O)c1ccc(NCc2cncnc2)cc1. The van der Waals surface area contributed by atoms with E-state index in [1.54, 1.807) is 24.5 Å². The summed E-state index contributed by atoms with van der Waals surface area (Å²) in [6.07, 6.45) is 5.04. The molecule has 1 aromatic carbocycles. The third-order valence-electron chi connectivity index (χ3n) is 2.60. The van der Waals surface area contributed by atoms with Gasteiger partial charge in [-0.2, -0.15) is 0 Å². The van der Waals surface area contributed by atoms with E-state index in [4.69, 9.17) is 0 Å². The molecule has 0 saturated heterocycles. The van der Waals surface area contributed by atoms with Gasteiger partial charge in [0.15, 0.2) is 0 Å². The molecule has 19 heavy (non-hydrogen) atoms. The van der Waals surface area contributed by atoms with Gasteiger partial charge < -0.3 is 10.6 Å². The number of nitrogens with zero attached hydrogens (tertiary/aromatic N) is 2. The van der Waals surface area contributed by atoms with Crippen molar-refractivity contribution >= 4 is 11.6 Å². The number of nitrogens with one attached hydrogen (secondary N) is 2. The average Bonchev–Trinajstić information content (AvgIpc) is 2.47. The van der Waals surface area contributed by atoms with E-state index < -0.39 is 0 Å². The number of aromatic nitrogens is 2. The largest absolute Gasteiger partial charge is 0.381 e. The van der Waals surface area contributed by atoms with E-state index in [2.05, 4.69) is 20.6 Å². The second-order valence-electron chi connectivity index (χ2n) is 4.04. The summed E-state index contributed by atoms with van der Waals surface area (Å²) < 4.78 is 0. The molecule has 0 radical (unpaired) electrons. The van der Waals surface area contributed by atoms with Crippen LogP contribution in [0.4, 0.5) is 5.69 Å². The molecule has 1 amide bonds. The standard InChI is InChI=1S/C14H16N4O/c1-2-17-14(19)12-3-5-13(6-4-12)18-9-11-7-15-10-16-8-11/h3-8,10,18H,2,9H2,1H3,(H,17,19). The molecule has 0 unspecified atom stereocenters. The molecule has 0 fully saturated rings. The lowest BCUT2D eigenvalue weighted by atomic mass is 10.2. The Labute approximate surface area is 112 Å². The van der Waals surface area contributed by atoms with Crippen molar-refractivity contribution in [2.45, 2.75) is 13.5 Å². The third-order valence-corrected chi connectivity index (χ3v) is 2.60. The lowest BCUT2D eigenvalue weighted by molar-refractivity contribution is 0.0956.